The monoisotopic (exact) mass is 186 g/mol. The molecule has 0 spiro atoms. The van der Waals surface area contributed by atoms with E-state index < -0.39 is 0 Å². The van der Waals surface area contributed by atoms with Gasteiger partial charge in [-0.1, -0.05) is 0 Å². The maximum atomic E-state index is 11.3. The van der Waals surface area contributed by atoms with Gasteiger partial charge in [-0.3, -0.25) is 9.59 Å². The van der Waals surface area contributed by atoms with E-state index in [-0.39, 0.29) is 25.0 Å². The molecule has 2 amide bonds. The Morgan fingerprint density at radius 1 is 1.54 bits per heavy atom. The minimum absolute atomic E-state index is 0.0179. The number of hydrogen-bond acceptors (Lipinski definition) is 3. The molecule has 0 saturated carbocycles. The van der Waals surface area contributed by atoms with E-state index in [9.17, 15) is 9.59 Å². The van der Waals surface area contributed by atoms with Crippen molar-refractivity contribution in [2.45, 2.75) is 0 Å². The fourth-order valence-electron chi connectivity index (χ4n) is 1.19. The molecule has 74 valence electrons. The van der Waals surface area contributed by atoms with Crippen LogP contribution in [0.15, 0.2) is 0 Å². The fraction of sp³-hybridized carbons (Fsp3) is 0.750. The molecule has 0 atom stereocenters. The molecule has 5 heteroatoms. The predicted octanol–water partition coefficient (Wildman–Crippen LogP) is -1.07. The summed E-state index contributed by atoms with van der Waals surface area (Å²) >= 11 is 0. The molecule has 1 aliphatic heterocycles. The Labute approximate surface area is 77.2 Å². The van der Waals surface area contributed by atoms with Crippen LogP contribution < -0.4 is 0 Å². The van der Waals surface area contributed by atoms with Gasteiger partial charge in [-0.15, -0.1) is 0 Å². The molecule has 0 bridgehead atoms. The summed E-state index contributed by atoms with van der Waals surface area (Å²) < 4.78 is 4.70. The van der Waals surface area contributed by atoms with E-state index in [0.29, 0.717) is 13.1 Å². The van der Waals surface area contributed by atoms with E-state index in [1.165, 1.54) is 12.0 Å². The average Bonchev–Trinajstić information content (AvgIpc) is 2.10. The van der Waals surface area contributed by atoms with E-state index in [1.807, 2.05) is 0 Å². The van der Waals surface area contributed by atoms with Gasteiger partial charge in [-0.25, -0.2) is 0 Å². The lowest BCUT2D eigenvalue weighted by Gasteiger charge is -2.31. The van der Waals surface area contributed by atoms with Crippen molar-refractivity contribution in [1.29, 1.82) is 0 Å². The highest BCUT2D eigenvalue weighted by Crippen LogP contribution is 2.00. The zero-order valence-electron chi connectivity index (χ0n) is 7.95. The van der Waals surface area contributed by atoms with Crippen molar-refractivity contribution in [3.8, 4) is 0 Å². The number of amides is 2. The lowest BCUT2D eigenvalue weighted by Crippen LogP contribution is -2.51. The number of likely N-dealkylation sites (N-methyl/N-ethyl adjacent to an activating group) is 1. The van der Waals surface area contributed by atoms with E-state index in [0.717, 1.165) is 0 Å². The third-order valence-electron chi connectivity index (χ3n) is 2.08. The molecular formula is C8H14N2O3. The first-order valence-electron chi connectivity index (χ1n) is 4.16. The Kier molecular flexibility index (Phi) is 3.25. The Balaban J connectivity index is 2.45. The lowest BCUT2D eigenvalue weighted by molar-refractivity contribution is -0.146. The van der Waals surface area contributed by atoms with Gasteiger partial charge in [0.15, 0.2) is 0 Å². The highest BCUT2D eigenvalue weighted by Gasteiger charge is 2.24. The van der Waals surface area contributed by atoms with Crippen LogP contribution in [0.5, 0.6) is 0 Å². The molecule has 13 heavy (non-hydrogen) atoms. The van der Waals surface area contributed by atoms with Crippen molar-refractivity contribution in [1.82, 2.24) is 9.80 Å². The highest BCUT2D eigenvalue weighted by atomic mass is 16.5. The van der Waals surface area contributed by atoms with E-state index in [2.05, 4.69) is 0 Å². The number of hydrogen-bond donors (Lipinski definition) is 0. The molecule has 0 unspecified atom stereocenters. The van der Waals surface area contributed by atoms with Crippen LogP contribution in [0.4, 0.5) is 0 Å². The largest absolute Gasteiger partial charge is 0.375 e. The average molecular weight is 186 g/mol. The summed E-state index contributed by atoms with van der Waals surface area (Å²) in [6.07, 6.45) is 0. The number of piperazine rings is 1. The first-order chi connectivity index (χ1) is 6.15. The number of rotatable bonds is 2. The van der Waals surface area contributed by atoms with Crippen LogP contribution in [-0.4, -0.2) is 62.0 Å². The van der Waals surface area contributed by atoms with Crippen LogP contribution in [0.3, 0.4) is 0 Å². The number of ether oxygens (including phenoxy) is 1. The van der Waals surface area contributed by atoms with Gasteiger partial charge in [0.05, 0.1) is 6.54 Å². The Morgan fingerprint density at radius 2 is 2.23 bits per heavy atom. The standard InChI is InChI=1S/C8H14N2O3/c1-9-3-4-10(5-7(9)11)8(12)6-13-2/h3-6H2,1-2H3. The maximum Gasteiger partial charge on any atom is 0.249 e. The molecule has 1 fully saturated rings. The van der Waals surface area contributed by atoms with E-state index >= 15 is 0 Å². The van der Waals surface area contributed by atoms with Crippen molar-refractivity contribution in [2.75, 3.05) is 40.4 Å². The van der Waals surface area contributed by atoms with Gasteiger partial charge < -0.3 is 14.5 Å². The SMILES string of the molecule is COCC(=O)N1CCN(C)C(=O)C1. The number of methoxy groups -OCH3 is 1. The molecule has 0 aromatic carbocycles. The molecule has 1 aliphatic rings. The molecule has 0 radical (unpaired) electrons. The number of carbonyl (C=O) groups is 2. The van der Waals surface area contributed by atoms with Crippen LogP contribution in [0.2, 0.25) is 0 Å². The zero-order valence-corrected chi connectivity index (χ0v) is 7.95. The maximum absolute atomic E-state index is 11.3. The molecule has 0 N–H and O–H groups in total. The van der Waals surface area contributed by atoms with Crippen LogP contribution in [0.25, 0.3) is 0 Å². The quantitative estimate of drug-likeness (QED) is 0.552. The van der Waals surface area contributed by atoms with E-state index in [4.69, 9.17) is 4.74 Å². The minimum Gasteiger partial charge on any atom is -0.375 e. The summed E-state index contributed by atoms with van der Waals surface area (Å²) in [6.45, 7) is 1.44. The normalized spacial score (nSPS) is 17.8. The molecule has 1 heterocycles. The highest BCUT2D eigenvalue weighted by molar-refractivity contribution is 5.86. The molecule has 1 saturated heterocycles. The summed E-state index contributed by atoms with van der Waals surface area (Å²) in [7, 11) is 3.20. The summed E-state index contributed by atoms with van der Waals surface area (Å²) in [4.78, 5) is 25.6. The molecule has 5 nitrogen and oxygen atoms in total. The van der Waals surface area contributed by atoms with Crippen LogP contribution >= 0.6 is 0 Å². The smallest absolute Gasteiger partial charge is 0.249 e. The molecular weight excluding hydrogens is 172 g/mol. The van der Waals surface area contributed by atoms with Crippen LogP contribution in [0.1, 0.15) is 0 Å². The second-order valence-electron chi connectivity index (χ2n) is 3.06. The Hall–Kier alpha value is -1.10. The van der Waals surface area contributed by atoms with Crippen molar-refractivity contribution in [3.63, 3.8) is 0 Å². The Bertz CT molecular complexity index is 217. The topological polar surface area (TPSA) is 49.9 Å². The van der Waals surface area contributed by atoms with Gasteiger partial charge in [-0.2, -0.15) is 0 Å². The van der Waals surface area contributed by atoms with Crippen LogP contribution in [-0.2, 0) is 14.3 Å². The van der Waals surface area contributed by atoms with Gasteiger partial charge in [0.2, 0.25) is 11.8 Å². The van der Waals surface area contributed by atoms with Crippen molar-refractivity contribution in [3.05, 3.63) is 0 Å². The summed E-state index contributed by atoms with van der Waals surface area (Å²) in [6, 6.07) is 0. The summed E-state index contributed by atoms with van der Waals surface area (Å²) in [5.74, 6) is -0.139. The van der Waals surface area contributed by atoms with Gasteiger partial charge in [0.1, 0.15) is 6.61 Å². The number of nitrogens with zero attached hydrogens (tertiary/aromatic N) is 2. The fourth-order valence-corrected chi connectivity index (χ4v) is 1.19. The summed E-state index contributed by atoms with van der Waals surface area (Å²) in [5.41, 5.74) is 0. The third kappa shape index (κ3) is 2.42. The second kappa shape index (κ2) is 4.23. The predicted molar refractivity (Wildman–Crippen MR) is 46.1 cm³/mol. The molecule has 0 aromatic heterocycles. The second-order valence-corrected chi connectivity index (χ2v) is 3.06. The van der Waals surface area contributed by atoms with E-state index in [1.54, 1.807) is 11.9 Å². The van der Waals surface area contributed by atoms with Crippen molar-refractivity contribution in [2.24, 2.45) is 0 Å². The minimum atomic E-state index is -0.121. The van der Waals surface area contributed by atoms with Gasteiger partial charge >= 0.3 is 0 Å². The molecule has 1 rings (SSSR count). The first-order valence-corrected chi connectivity index (χ1v) is 4.16. The van der Waals surface area contributed by atoms with Gasteiger partial charge in [0.25, 0.3) is 0 Å². The van der Waals surface area contributed by atoms with Crippen molar-refractivity contribution < 1.29 is 14.3 Å². The van der Waals surface area contributed by atoms with Crippen molar-refractivity contribution >= 4 is 11.8 Å². The summed E-state index contributed by atoms with van der Waals surface area (Å²) in [5, 5.41) is 0. The molecule has 0 aliphatic carbocycles. The van der Waals surface area contributed by atoms with Gasteiger partial charge in [-0.05, 0) is 0 Å². The Morgan fingerprint density at radius 3 is 2.77 bits per heavy atom. The lowest BCUT2D eigenvalue weighted by atomic mass is 10.3. The van der Waals surface area contributed by atoms with Gasteiger partial charge in [0, 0.05) is 27.2 Å². The third-order valence-corrected chi connectivity index (χ3v) is 2.08. The number of carbonyl (C=O) groups excluding carboxylic acids is 2. The zero-order chi connectivity index (χ0) is 9.84. The first kappa shape index (κ1) is 9.98. The molecule has 0 aromatic rings. The van der Waals surface area contributed by atoms with Crippen LogP contribution in [0, 0.1) is 0 Å².